The molecular formula is C15H17F3O4. The van der Waals surface area contributed by atoms with E-state index >= 15 is 0 Å². The Hall–Kier alpha value is -1.89. The number of carbonyl (C=O) groups is 2. The van der Waals surface area contributed by atoms with Crippen molar-refractivity contribution in [2.24, 2.45) is 5.41 Å². The molecule has 1 aliphatic carbocycles. The molecule has 0 heterocycles. The van der Waals surface area contributed by atoms with Gasteiger partial charge in [0.05, 0.1) is 0 Å². The Morgan fingerprint density at radius 3 is 2.41 bits per heavy atom. The third-order valence-corrected chi connectivity index (χ3v) is 3.91. The Kier molecular flexibility index (Phi) is 4.72. The van der Waals surface area contributed by atoms with Crippen LogP contribution >= 0.6 is 0 Å². The standard InChI is InChI=1S/C15H17F3O4/c1-9(6-12(20)21)4-5-14(22)10(2)7-11(19)8-13(14,3)15(16,17)18/h4-7,22H,8H2,1-3H3,(H,20,21)/b5-4+,9-6-/t13-,14-/m1/s1. The first-order valence-electron chi connectivity index (χ1n) is 6.44. The highest BCUT2D eigenvalue weighted by atomic mass is 19.4. The molecule has 4 nitrogen and oxygen atoms in total. The van der Waals surface area contributed by atoms with Crippen molar-refractivity contribution < 1.29 is 33.0 Å². The smallest absolute Gasteiger partial charge is 0.398 e. The van der Waals surface area contributed by atoms with E-state index in [2.05, 4.69) is 0 Å². The molecule has 0 fully saturated rings. The minimum absolute atomic E-state index is 0.136. The molecule has 0 saturated heterocycles. The fraction of sp³-hybridized carbons (Fsp3) is 0.467. The zero-order chi connectivity index (χ0) is 17.3. The van der Waals surface area contributed by atoms with E-state index in [-0.39, 0.29) is 11.1 Å². The van der Waals surface area contributed by atoms with Gasteiger partial charge in [-0.25, -0.2) is 4.79 Å². The summed E-state index contributed by atoms with van der Waals surface area (Å²) in [5.41, 5.74) is -5.08. The Balaban J connectivity index is 3.41. The summed E-state index contributed by atoms with van der Waals surface area (Å²) < 4.78 is 40.3. The third-order valence-electron chi connectivity index (χ3n) is 3.91. The molecule has 0 amide bonds. The van der Waals surface area contributed by atoms with E-state index in [1.807, 2.05) is 0 Å². The van der Waals surface area contributed by atoms with Crippen molar-refractivity contribution >= 4 is 11.8 Å². The topological polar surface area (TPSA) is 74.6 Å². The summed E-state index contributed by atoms with van der Waals surface area (Å²) in [6.45, 7) is 3.40. The van der Waals surface area contributed by atoms with Crippen LogP contribution in [0.15, 0.2) is 35.5 Å². The summed E-state index contributed by atoms with van der Waals surface area (Å²) in [4.78, 5) is 22.0. The molecule has 0 radical (unpaired) electrons. The fourth-order valence-electron chi connectivity index (χ4n) is 2.45. The Labute approximate surface area is 125 Å². The highest BCUT2D eigenvalue weighted by Crippen LogP contribution is 2.54. The van der Waals surface area contributed by atoms with Crippen molar-refractivity contribution in [1.82, 2.24) is 0 Å². The van der Waals surface area contributed by atoms with Crippen LogP contribution in [-0.2, 0) is 9.59 Å². The van der Waals surface area contributed by atoms with Crippen LogP contribution in [0, 0.1) is 5.41 Å². The number of carboxylic acids is 1. The van der Waals surface area contributed by atoms with Crippen LogP contribution in [0.2, 0.25) is 0 Å². The van der Waals surface area contributed by atoms with E-state index in [4.69, 9.17) is 5.11 Å². The summed E-state index contributed by atoms with van der Waals surface area (Å²) >= 11 is 0. The molecule has 1 rings (SSSR count). The second-order valence-corrected chi connectivity index (χ2v) is 5.63. The highest BCUT2D eigenvalue weighted by Gasteiger charge is 2.64. The van der Waals surface area contributed by atoms with Crippen molar-refractivity contribution in [2.45, 2.75) is 39.0 Å². The quantitative estimate of drug-likeness (QED) is 0.620. The summed E-state index contributed by atoms with van der Waals surface area (Å²) in [6, 6.07) is 0. The predicted molar refractivity (Wildman–Crippen MR) is 73.0 cm³/mol. The number of carboxylic acid groups (broad SMARTS) is 1. The van der Waals surface area contributed by atoms with Crippen molar-refractivity contribution in [1.29, 1.82) is 0 Å². The van der Waals surface area contributed by atoms with Gasteiger partial charge in [0, 0.05) is 12.5 Å². The molecule has 0 aromatic heterocycles. The summed E-state index contributed by atoms with van der Waals surface area (Å²) in [7, 11) is 0. The van der Waals surface area contributed by atoms with Gasteiger partial charge in [-0.2, -0.15) is 13.2 Å². The number of aliphatic hydroxyl groups is 1. The molecule has 0 bridgehead atoms. The van der Waals surface area contributed by atoms with Crippen molar-refractivity contribution in [2.75, 3.05) is 0 Å². The molecule has 2 atom stereocenters. The molecule has 0 aromatic rings. The number of alkyl halides is 3. The van der Waals surface area contributed by atoms with Crippen LogP contribution < -0.4 is 0 Å². The van der Waals surface area contributed by atoms with Gasteiger partial charge in [0.1, 0.15) is 11.0 Å². The summed E-state index contributed by atoms with van der Waals surface area (Å²) in [5, 5.41) is 19.2. The van der Waals surface area contributed by atoms with Crippen LogP contribution in [-0.4, -0.2) is 33.7 Å². The maximum absolute atomic E-state index is 13.4. The van der Waals surface area contributed by atoms with Gasteiger partial charge < -0.3 is 10.2 Å². The monoisotopic (exact) mass is 318 g/mol. The largest absolute Gasteiger partial charge is 0.478 e. The molecule has 0 aliphatic heterocycles. The van der Waals surface area contributed by atoms with E-state index < -0.39 is 35.4 Å². The van der Waals surface area contributed by atoms with Gasteiger partial charge in [0.2, 0.25) is 0 Å². The fourth-order valence-corrected chi connectivity index (χ4v) is 2.45. The van der Waals surface area contributed by atoms with Crippen LogP contribution in [0.1, 0.15) is 27.2 Å². The van der Waals surface area contributed by atoms with E-state index in [1.54, 1.807) is 0 Å². The van der Waals surface area contributed by atoms with E-state index in [0.717, 1.165) is 31.2 Å². The van der Waals surface area contributed by atoms with Crippen LogP contribution in [0.25, 0.3) is 0 Å². The number of rotatable bonds is 3. The van der Waals surface area contributed by atoms with Crippen LogP contribution in [0.3, 0.4) is 0 Å². The van der Waals surface area contributed by atoms with E-state index in [9.17, 15) is 27.9 Å². The molecule has 0 spiro atoms. The minimum Gasteiger partial charge on any atom is -0.478 e. The number of hydrogen-bond acceptors (Lipinski definition) is 3. The molecule has 0 unspecified atom stereocenters. The number of carbonyl (C=O) groups excluding carboxylic acids is 1. The Morgan fingerprint density at radius 1 is 1.41 bits per heavy atom. The van der Waals surface area contributed by atoms with E-state index in [0.29, 0.717) is 0 Å². The second-order valence-electron chi connectivity index (χ2n) is 5.63. The summed E-state index contributed by atoms with van der Waals surface area (Å²) in [5.74, 6) is -1.97. The first-order chi connectivity index (χ1) is 9.83. The molecule has 1 aliphatic rings. The lowest BCUT2D eigenvalue weighted by Crippen LogP contribution is -2.57. The number of aliphatic carboxylic acids is 1. The molecule has 0 aromatic carbocycles. The number of hydrogen-bond donors (Lipinski definition) is 2. The van der Waals surface area contributed by atoms with Crippen molar-refractivity contribution in [3.8, 4) is 0 Å². The maximum atomic E-state index is 13.4. The highest BCUT2D eigenvalue weighted by molar-refractivity contribution is 5.93. The maximum Gasteiger partial charge on any atom is 0.398 e. The van der Waals surface area contributed by atoms with Gasteiger partial charge in [-0.3, -0.25) is 4.79 Å². The Morgan fingerprint density at radius 2 is 1.95 bits per heavy atom. The second kappa shape index (κ2) is 5.72. The average Bonchev–Trinajstić information content (AvgIpc) is 2.31. The van der Waals surface area contributed by atoms with Crippen molar-refractivity contribution in [3.05, 3.63) is 35.5 Å². The molecule has 2 N–H and O–H groups in total. The molecule has 22 heavy (non-hydrogen) atoms. The van der Waals surface area contributed by atoms with Gasteiger partial charge in [-0.1, -0.05) is 6.08 Å². The van der Waals surface area contributed by atoms with Crippen LogP contribution in [0.4, 0.5) is 13.2 Å². The first-order valence-corrected chi connectivity index (χ1v) is 6.44. The zero-order valence-electron chi connectivity index (χ0n) is 12.4. The van der Waals surface area contributed by atoms with Crippen LogP contribution in [0.5, 0.6) is 0 Å². The average molecular weight is 318 g/mol. The summed E-state index contributed by atoms with van der Waals surface area (Å²) in [6.07, 6.45) is -1.91. The van der Waals surface area contributed by atoms with Gasteiger partial charge in [0.25, 0.3) is 0 Å². The lowest BCUT2D eigenvalue weighted by atomic mass is 9.62. The van der Waals surface area contributed by atoms with E-state index in [1.165, 1.54) is 13.8 Å². The molecule has 122 valence electrons. The SMILES string of the molecule is CC1=CC(=O)C[C@@](C)(C(F)(F)F)[C@@]1(O)/C=C/C(C)=C\C(=O)O. The molecular weight excluding hydrogens is 301 g/mol. The third kappa shape index (κ3) is 3.14. The number of halogens is 3. The zero-order valence-corrected chi connectivity index (χ0v) is 12.4. The van der Waals surface area contributed by atoms with Gasteiger partial charge in [-0.15, -0.1) is 0 Å². The lowest BCUT2D eigenvalue weighted by Gasteiger charge is -2.46. The lowest BCUT2D eigenvalue weighted by molar-refractivity contribution is -0.261. The number of allylic oxidation sites excluding steroid dienone is 3. The minimum atomic E-state index is -4.82. The Bertz CT molecular complexity index is 586. The van der Waals surface area contributed by atoms with Gasteiger partial charge in [-0.05, 0) is 44.1 Å². The first kappa shape index (κ1) is 18.2. The van der Waals surface area contributed by atoms with Gasteiger partial charge >= 0.3 is 12.1 Å². The van der Waals surface area contributed by atoms with Crippen molar-refractivity contribution in [3.63, 3.8) is 0 Å². The normalized spacial score (nSPS) is 30.6. The van der Waals surface area contributed by atoms with Gasteiger partial charge in [0.15, 0.2) is 5.78 Å². The molecule has 0 saturated carbocycles. The molecule has 7 heteroatoms. The predicted octanol–water partition coefficient (Wildman–Crippen LogP) is 2.79. The number of ketones is 1.